The van der Waals surface area contributed by atoms with Gasteiger partial charge in [-0.05, 0) is 35.4 Å². The number of ether oxygens (including phenoxy) is 1. The highest BCUT2D eigenvalue weighted by Gasteiger charge is 2.24. The molecule has 5 heteroatoms. The third-order valence-electron chi connectivity index (χ3n) is 2.97. The van der Waals surface area contributed by atoms with Gasteiger partial charge in [-0.15, -0.1) is 0 Å². The second-order valence-corrected chi connectivity index (χ2v) is 5.53. The van der Waals surface area contributed by atoms with Gasteiger partial charge in [-0.3, -0.25) is 4.79 Å². The van der Waals surface area contributed by atoms with E-state index in [1.165, 1.54) is 0 Å². The second-order valence-electron chi connectivity index (χ2n) is 4.21. The molecule has 1 unspecified atom stereocenters. The second kappa shape index (κ2) is 6.29. The summed E-state index contributed by atoms with van der Waals surface area (Å²) in [6.45, 7) is 0. The van der Waals surface area contributed by atoms with Crippen molar-refractivity contribution in [2.75, 3.05) is 7.11 Å². The fraction of sp³-hybridized carbons (Fsp3) is 0.133. The highest BCUT2D eigenvalue weighted by molar-refractivity contribution is 9.10. The summed E-state index contributed by atoms with van der Waals surface area (Å²) in [7, 11) is 1.56. The Balaban J connectivity index is 2.47. The van der Waals surface area contributed by atoms with E-state index in [4.69, 9.17) is 16.3 Å². The van der Waals surface area contributed by atoms with Crippen LogP contribution in [0, 0.1) is 0 Å². The molecule has 0 saturated carbocycles. The first-order valence-corrected chi connectivity index (χ1v) is 7.01. The Morgan fingerprint density at radius 1 is 1.25 bits per heavy atom. The Labute approximate surface area is 130 Å². The van der Waals surface area contributed by atoms with Gasteiger partial charge in [-0.2, -0.15) is 0 Å². The maximum atomic E-state index is 11.6. The van der Waals surface area contributed by atoms with E-state index in [9.17, 15) is 9.90 Å². The molecule has 0 heterocycles. The highest BCUT2D eigenvalue weighted by atomic mass is 79.9. The van der Waals surface area contributed by atoms with E-state index < -0.39 is 11.9 Å². The summed E-state index contributed by atoms with van der Waals surface area (Å²) in [6.07, 6.45) is 0. The molecule has 0 spiro atoms. The number of benzene rings is 2. The first-order chi connectivity index (χ1) is 9.52. The van der Waals surface area contributed by atoms with Gasteiger partial charge in [0.2, 0.25) is 0 Å². The van der Waals surface area contributed by atoms with Crippen LogP contribution in [-0.2, 0) is 4.79 Å². The zero-order valence-corrected chi connectivity index (χ0v) is 13.0. The molecule has 3 nitrogen and oxygen atoms in total. The summed E-state index contributed by atoms with van der Waals surface area (Å²) in [5, 5.41) is 9.92. The summed E-state index contributed by atoms with van der Waals surface area (Å²) in [6, 6.07) is 12.1. The van der Waals surface area contributed by atoms with Crippen LogP contribution in [0.4, 0.5) is 0 Å². The number of carbonyl (C=O) groups is 1. The standard InChI is InChI=1S/C15H12BrClO3/c1-20-11-5-2-9(3-6-11)14(15(18)19)12-7-4-10(16)8-13(12)17/h2-8,14H,1H3,(H,18,19). The Kier molecular flexibility index (Phi) is 4.68. The maximum absolute atomic E-state index is 11.6. The van der Waals surface area contributed by atoms with Crippen molar-refractivity contribution >= 4 is 33.5 Å². The number of rotatable bonds is 4. The largest absolute Gasteiger partial charge is 0.497 e. The number of carboxylic acids is 1. The van der Waals surface area contributed by atoms with E-state index in [2.05, 4.69) is 15.9 Å². The van der Waals surface area contributed by atoms with Crippen LogP contribution >= 0.6 is 27.5 Å². The monoisotopic (exact) mass is 354 g/mol. The number of carboxylic acid groups (broad SMARTS) is 1. The summed E-state index contributed by atoms with van der Waals surface area (Å²) in [4.78, 5) is 11.6. The van der Waals surface area contributed by atoms with Crippen LogP contribution in [0.15, 0.2) is 46.9 Å². The summed E-state index contributed by atoms with van der Waals surface area (Å²) in [5.74, 6) is -1.07. The lowest BCUT2D eigenvalue weighted by Crippen LogP contribution is -2.13. The molecule has 0 saturated heterocycles. The Morgan fingerprint density at radius 2 is 1.90 bits per heavy atom. The molecule has 0 aliphatic rings. The first-order valence-electron chi connectivity index (χ1n) is 5.84. The van der Waals surface area contributed by atoms with Gasteiger partial charge in [-0.1, -0.05) is 45.7 Å². The van der Waals surface area contributed by atoms with Gasteiger partial charge in [0.15, 0.2) is 0 Å². The van der Waals surface area contributed by atoms with E-state index in [1.807, 2.05) is 0 Å². The van der Waals surface area contributed by atoms with Crippen LogP contribution < -0.4 is 4.74 Å². The van der Waals surface area contributed by atoms with E-state index in [0.29, 0.717) is 21.9 Å². The van der Waals surface area contributed by atoms with Crippen LogP contribution in [0.5, 0.6) is 5.75 Å². The van der Waals surface area contributed by atoms with Crippen LogP contribution in [0.3, 0.4) is 0 Å². The van der Waals surface area contributed by atoms with Gasteiger partial charge in [-0.25, -0.2) is 0 Å². The van der Waals surface area contributed by atoms with Crippen molar-refractivity contribution in [2.45, 2.75) is 5.92 Å². The molecule has 2 aromatic rings. The van der Waals surface area contributed by atoms with E-state index in [-0.39, 0.29) is 0 Å². The average molecular weight is 356 g/mol. The van der Waals surface area contributed by atoms with E-state index >= 15 is 0 Å². The fourth-order valence-corrected chi connectivity index (χ4v) is 2.77. The predicted octanol–water partition coefficient (Wildman–Crippen LogP) is 4.33. The summed E-state index contributed by atoms with van der Waals surface area (Å²) < 4.78 is 5.89. The Hall–Kier alpha value is -1.52. The molecule has 0 radical (unpaired) electrons. The zero-order chi connectivity index (χ0) is 14.7. The smallest absolute Gasteiger partial charge is 0.315 e. The van der Waals surface area contributed by atoms with Crippen molar-refractivity contribution in [2.24, 2.45) is 0 Å². The van der Waals surface area contributed by atoms with Gasteiger partial charge >= 0.3 is 5.97 Å². The normalized spacial score (nSPS) is 11.9. The number of hydrogen-bond donors (Lipinski definition) is 1. The highest BCUT2D eigenvalue weighted by Crippen LogP contribution is 2.33. The molecule has 0 amide bonds. The van der Waals surface area contributed by atoms with Gasteiger partial charge in [0.05, 0.1) is 7.11 Å². The van der Waals surface area contributed by atoms with E-state index in [0.717, 1.165) is 4.47 Å². The minimum atomic E-state index is -0.945. The van der Waals surface area contributed by atoms with Gasteiger partial charge in [0.1, 0.15) is 11.7 Å². The van der Waals surface area contributed by atoms with Crippen LogP contribution in [0.25, 0.3) is 0 Å². The van der Waals surface area contributed by atoms with Crippen molar-refractivity contribution in [1.82, 2.24) is 0 Å². The molecular formula is C15H12BrClO3. The lowest BCUT2D eigenvalue weighted by Gasteiger charge is -2.15. The predicted molar refractivity (Wildman–Crippen MR) is 81.6 cm³/mol. The molecule has 20 heavy (non-hydrogen) atoms. The Bertz CT molecular complexity index is 626. The third kappa shape index (κ3) is 3.14. The molecule has 0 aliphatic heterocycles. The average Bonchev–Trinajstić information content (AvgIpc) is 2.42. The van der Waals surface area contributed by atoms with Crippen molar-refractivity contribution in [3.05, 3.63) is 63.1 Å². The lowest BCUT2D eigenvalue weighted by atomic mass is 9.91. The number of methoxy groups -OCH3 is 1. The quantitative estimate of drug-likeness (QED) is 0.888. The maximum Gasteiger partial charge on any atom is 0.315 e. The van der Waals surface area contributed by atoms with Gasteiger partial charge in [0, 0.05) is 9.50 Å². The van der Waals surface area contributed by atoms with Gasteiger partial charge < -0.3 is 9.84 Å². The number of aliphatic carboxylic acids is 1. The van der Waals surface area contributed by atoms with Crippen molar-refractivity contribution in [3.63, 3.8) is 0 Å². The number of hydrogen-bond acceptors (Lipinski definition) is 2. The molecule has 0 aliphatic carbocycles. The SMILES string of the molecule is COc1ccc(C(C(=O)O)c2ccc(Br)cc2Cl)cc1. The van der Waals surface area contributed by atoms with Crippen LogP contribution in [0.2, 0.25) is 5.02 Å². The minimum absolute atomic E-state index is 0.419. The molecule has 1 N–H and O–H groups in total. The van der Waals surface area contributed by atoms with Crippen molar-refractivity contribution in [3.8, 4) is 5.75 Å². The molecule has 0 aromatic heterocycles. The molecule has 2 aromatic carbocycles. The fourth-order valence-electron chi connectivity index (χ4n) is 1.99. The van der Waals surface area contributed by atoms with Crippen LogP contribution in [-0.4, -0.2) is 18.2 Å². The van der Waals surface area contributed by atoms with Gasteiger partial charge in [0.25, 0.3) is 0 Å². The van der Waals surface area contributed by atoms with E-state index in [1.54, 1.807) is 49.6 Å². The minimum Gasteiger partial charge on any atom is -0.497 e. The molecule has 0 fully saturated rings. The summed E-state index contributed by atoms with van der Waals surface area (Å²) in [5.41, 5.74) is 1.22. The number of halogens is 2. The lowest BCUT2D eigenvalue weighted by molar-refractivity contribution is -0.137. The summed E-state index contributed by atoms with van der Waals surface area (Å²) >= 11 is 9.47. The van der Waals surface area contributed by atoms with Crippen molar-refractivity contribution < 1.29 is 14.6 Å². The molecule has 2 rings (SSSR count). The third-order valence-corrected chi connectivity index (χ3v) is 3.79. The van der Waals surface area contributed by atoms with Crippen LogP contribution in [0.1, 0.15) is 17.0 Å². The topological polar surface area (TPSA) is 46.5 Å². The zero-order valence-electron chi connectivity index (χ0n) is 10.6. The molecule has 1 atom stereocenters. The first kappa shape index (κ1) is 14.9. The molecule has 104 valence electrons. The van der Waals surface area contributed by atoms with Crippen molar-refractivity contribution in [1.29, 1.82) is 0 Å². The Morgan fingerprint density at radius 3 is 2.40 bits per heavy atom. The molecule has 0 bridgehead atoms. The molecular weight excluding hydrogens is 344 g/mol.